The number of sulfonamides is 1. The molecule has 0 fully saturated rings. The van der Waals surface area contributed by atoms with Gasteiger partial charge in [0.05, 0.1) is 5.69 Å². The second-order valence-corrected chi connectivity index (χ2v) is 5.76. The zero-order chi connectivity index (χ0) is 13.1. The van der Waals surface area contributed by atoms with Crippen LogP contribution in [0.2, 0.25) is 0 Å². The van der Waals surface area contributed by atoms with E-state index in [4.69, 9.17) is 10.9 Å². The molecule has 6 heteroatoms. The van der Waals surface area contributed by atoms with Crippen molar-refractivity contribution in [2.24, 2.45) is 16.8 Å². The Morgan fingerprint density at radius 2 is 1.94 bits per heavy atom. The summed E-state index contributed by atoms with van der Waals surface area (Å²) < 4.78 is 22.9. The highest BCUT2D eigenvalue weighted by atomic mass is 32.2. The summed E-state index contributed by atoms with van der Waals surface area (Å²) in [5.41, 5.74) is 6.16. The Hall–Kier alpha value is -1.11. The van der Waals surface area contributed by atoms with Crippen LogP contribution < -0.4 is 15.8 Å². The third-order valence-corrected chi connectivity index (χ3v) is 3.53. The Morgan fingerprint density at radius 3 is 2.47 bits per heavy atom. The van der Waals surface area contributed by atoms with Gasteiger partial charge in [-0.1, -0.05) is 19.1 Å². The van der Waals surface area contributed by atoms with Crippen molar-refractivity contribution in [1.29, 1.82) is 0 Å². The summed E-state index contributed by atoms with van der Waals surface area (Å²) in [5, 5.41) is 5.18. The summed E-state index contributed by atoms with van der Waals surface area (Å²) >= 11 is 0. The largest absolute Gasteiger partial charge is 0.373 e. The van der Waals surface area contributed by atoms with E-state index in [-0.39, 0.29) is 10.8 Å². The van der Waals surface area contributed by atoms with Crippen LogP contribution in [0.15, 0.2) is 29.2 Å². The molecule has 4 N–H and O–H groups in total. The van der Waals surface area contributed by atoms with E-state index in [0.29, 0.717) is 18.8 Å². The quantitative estimate of drug-likeness (QED) is 0.797. The molecular weight excluding hydrogens is 238 g/mol. The minimum atomic E-state index is -3.69. The molecule has 0 saturated carbocycles. The van der Waals surface area contributed by atoms with Gasteiger partial charge < -0.3 is 10.6 Å². The van der Waals surface area contributed by atoms with Gasteiger partial charge in [-0.25, -0.2) is 13.6 Å². The molecule has 1 rings (SSSR count). The predicted molar refractivity (Wildman–Crippen MR) is 69.3 cm³/mol. The number of primary sulfonamides is 1. The van der Waals surface area contributed by atoms with E-state index >= 15 is 0 Å². The van der Waals surface area contributed by atoms with Gasteiger partial charge in [-0.2, -0.15) is 0 Å². The van der Waals surface area contributed by atoms with Crippen LogP contribution >= 0.6 is 0 Å². The first-order chi connectivity index (χ1) is 7.86. The van der Waals surface area contributed by atoms with Crippen LogP contribution in [0.3, 0.4) is 0 Å². The van der Waals surface area contributed by atoms with Crippen LogP contribution in [0.1, 0.15) is 6.92 Å². The summed E-state index contributed by atoms with van der Waals surface area (Å²) in [4.78, 5) is 2.00. The average Bonchev–Trinajstić information content (AvgIpc) is 2.27. The lowest BCUT2D eigenvalue weighted by Crippen LogP contribution is -2.29. The van der Waals surface area contributed by atoms with E-state index in [0.717, 1.165) is 0 Å². The fourth-order valence-electron chi connectivity index (χ4n) is 1.65. The van der Waals surface area contributed by atoms with E-state index in [1.54, 1.807) is 18.2 Å². The van der Waals surface area contributed by atoms with Crippen molar-refractivity contribution in [2.45, 2.75) is 11.8 Å². The summed E-state index contributed by atoms with van der Waals surface area (Å²) in [7, 11) is -1.86. The highest BCUT2D eigenvalue weighted by Gasteiger charge is 2.16. The van der Waals surface area contributed by atoms with E-state index in [1.165, 1.54) is 6.07 Å². The number of rotatable bonds is 5. The minimum Gasteiger partial charge on any atom is -0.373 e. The average molecular weight is 257 g/mol. The third-order valence-electron chi connectivity index (χ3n) is 2.57. The first kappa shape index (κ1) is 14.0. The second kappa shape index (κ2) is 5.48. The van der Waals surface area contributed by atoms with E-state index < -0.39 is 10.0 Å². The first-order valence-corrected chi connectivity index (χ1v) is 6.94. The number of benzene rings is 1. The number of nitrogens with zero attached hydrogens (tertiary/aromatic N) is 1. The lowest BCUT2D eigenvalue weighted by atomic mass is 10.1. The van der Waals surface area contributed by atoms with Crippen molar-refractivity contribution in [3.63, 3.8) is 0 Å². The molecule has 0 aliphatic heterocycles. The SMILES string of the molecule is CC(CN)CN(C)c1ccccc1S(N)(=O)=O. The first-order valence-electron chi connectivity index (χ1n) is 5.39. The monoisotopic (exact) mass is 257 g/mol. The molecule has 5 nitrogen and oxygen atoms in total. The van der Waals surface area contributed by atoms with Gasteiger partial charge in [-0.3, -0.25) is 0 Å². The molecule has 1 unspecified atom stereocenters. The Bertz CT molecular complexity index is 473. The van der Waals surface area contributed by atoms with Gasteiger partial charge in [0.15, 0.2) is 0 Å². The smallest absolute Gasteiger partial charge is 0.240 e. The molecule has 1 aromatic rings. The van der Waals surface area contributed by atoms with Crippen LogP contribution in [0.4, 0.5) is 5.69 Å². The van der Waals surface area contributed by atoms with Gasteiger partial charge >= 0.3 is 0 Å². The normalized spacial score (nSPS) is 13.4. The minimum absolute atomic E-state index is 0.145. The van der Waals surface area contributed by atoms with Crippen LogP contribution in [0.5, 0.6) is 0 Å². The predicted octanol–water partition coefficient (Wildman–Crippen LogP) is 0.365. The zero-order valence-electron chi connectivity index (χ0n) is 10.1. The Kier molecular flexibility index (Phi) is 4.50. The number of nitrogens with two attached hydrogens (primary N) is 2. The molecule has 0 radical (unpaired) electrons. The van der Waals surface area contributed by atoms with Crippen molar-refractivity contribution < 1.29 is 8.42 Å². The molecule has 17 heavy (non-hydrogen) atoms. The third kappa shape index (κ3) is 3.69. The van der Waals surface area contributed by atoms with E-state index in [1.807, 2.05) is 18.9 Å². The number of para-hydroxylation sites is 1. The van der Waals surface area contributed by atoms with Crippen molar-refractivity contribution in [2.75, 3.05) is 25.0 Å². The molecule has 0 aliphatic carbocycles. The molecule has 0 bridgehead atoms. The summed E-state index contributed by atoms with van der Waals surface area (Å²) in [6.07, 6.45) is 0. The van der Waals surface area contributed by atoms with Gasteiger partial charge in [-0.15, -0.1) is 0 Å². The molecule has 0 amide bonds. The molecule has 96 valence electrons. The van der Waals surface area contributed by atoms with Gasteiger partial charge in [-0.05, 0) is 24.6 Å². The van der Waals surface area contributed by atoms with Crippen LogP contribution in [0.25, 0.3) is 0 Å². The van der Waals surface area contributed by atoms with Crippen molar-refractivity contribution in [3.8, 4) is 0 Å². The molecule has 0 spiro atoms. The van der Waals surface area contributed by atoms with Crippen LogP contribution in [-0.4, -0.2) is 28.6 Å². The van der Waals surface area contributed by atoms with Gasteiger partial charge in [0, 0.05) is 13.6 Å². The molecule has 1 atom stereocenters. The summed E-state index contributed by atoms with van der Waals surface area (Å²) in [6, 6.07) is 6.69. The topological polar surface area (TPSA) is 89.4 Å². The van der Waals surface area contributed by atoms with E-state index in [2.05, 4.69) is 0 Å². The maximum atomic E-state index is 11.4. The van der Waals surface area contributed by atoms with Crippen molar-refractivity contribution >= 4 is 15.7 Å². The lowest BCUT2D eigenvalue weighted by Gasteiger charge is -2.24. The van der Waals surface area contributed by atoms with Gasteiger partial charge in [0.2, 0.25) is 10.0 Å². The molecular formula is C11H19N3O2S. The van der Waals surface area contributed by atoms with Crippen LogP contribution in [0, 0.1) is 5.92 Å². The number of anilines is 1. The van der Waals surface area contributed by atoms with Crippen LogP contribution in [-0.2, 0) is 10.0 Å². The number of hydrogen-bond donors (Lipinski definition) is 2. The highest BCUT2D eigenvalue weighted by Crippen LogP contribution is 2.23. The van der Waals surface area contributed by atoms with Crippen molar-refractivity contribution in [3.05, 3.63) is 24.3 Å². The Morgan fingerprint density at radius 1 is 1.35 bits per heavy atom. The van der Waals surface area contributed by atoms with E-state index in [9.17, 15) is 8.42 Å². The highest BCUT2D eigenvalue weighted by molar-refractivity contribution is 7.89. The summed E-state index contributed by atoms with van der Waals surface area (Å²) in [5.74, 6) is 0.286. The maximum Gasteiger partial charge on any atom is 0.240 e. The Balaban J connectivity index is 3.06. The molecule has 0 aliphatic rings. The molecule has 1 aromatic carbocycles. The Labute approximate surface area is 102 Å². The van der Waals surface area contributed by atoms with Gasteiger partial charge in [0.1, 0.15) is 4.90 Å². The fraction of sp³-hybridized carbons (Fsp3) is 0.455. The lowest BCUT2D eigenvalue weighted by molar-refractivity contribution is 0.583. The molecule has 0 saturated heterocycles. The maximum absolute atomic E-state index is 11.4. The summed E-state index contributed by atoms with van der Waals surface area (Å²) in [6.45, 7) is 3.25. The fourth-order valence-corrected chi connectivity index (χ4v) is 2.44. The molecule has 0 heterocycles. The second-order valence-electron chi connectivity index (χ2n) is 4.23. The number of hydrogen-bond acceptors (Lipinski definition) is 4. The van der Waals surface area contributed by atoms with Gasteiger partial charge in [0.25, 0.3) is 0 Å². The molecule has 0 aromatic heterocycles. The van der Waals surface area contributed by atoms with Crippen molar-refractivity contribution in [1.82, 2.24) is 0 Å². The standard InChI is InChI=1S/C11H19N3O2S/c1-9(7-12)8-14(2)10-5-3-4-6-11(10)17(13,15)16/h3-6,9H,7-8,12H2,1-2H3,(H2,13,15,16). The zero-order valence-corrected chi connectivity index (χ0v) is 10.9.